The molecule has 2 rings (SSSR count). The van der Waals surface area contributed by atoms with Gasteiger partial charge in [0.2, 0.25) is 0 Å². The summed E-state index contributed by atoms with van der Waals surface area (Å²) in [5, 5.41) is 7.54. The topological polar surface area (TPSA) is 42.2 Å². The predicted molar refractivity (Wildman–Crippen MR) is 62.9 cm³/mol. The standard InChI is InChI=1S/C12H14N4/c1-3-4-5-11(13-2)10-8-15-16-7-6-14-9-12(10)16/h1,6-9,11,13H,4-5H2,2H3. The average molecular weight is 214 g/mol. The summed E-state index contributed by atoms with van der Waals surface area (Å²) in [4.78, 5) is 4.11. The molecule has 2 aromatic heterocycles. The van der Waals surface area contributed by atoms with Crippen LogP contribution in [0, 0.1) is 12.3 Å². The Bertz CT molecular complexity index is 509. The molecule has 0 saturated carbocycles. The Labute approximate surface area is 94.7 Å². The van der Waals surface area contributed by atoms with E-state index in [-0.39, 0.29) is 6.04 Å². The quantitative estimate of drug-likeness (QED) is 0.782. The van der Waals surface area contributed by atoms with Crippen molar-refractivity contribution in [2.45, 2.75) is 18.9 Å². The summed E-state index contributed by atoms with van der Waals surface area (Å²) in [7, 11) is 1.93. The van der Waals surface area contributed by atoms with E-state index in [1.807, 2.05) is 30.2 Å². The van der Waals surface area contributed by atoms with Gasteiger partial charge in [-0.15, -0.1) is 12.3 Å². The van der Waals surface area contributed by atoms with Crippen molar-refractivity contribution < 1.29 is 0 Å². The SMILES string of the molecule is C#CCCC(NC)c1cnn2ccncc12. The van der Waals surface area contributed by atoms with Gasteiger partial charge >= 0.3 is 0 Å². The summed E-state index contributed by atoms with van der Waals surface area (Å²) in [6, 6.07) is 0.234. The van der Waals surface area contributed by atoms with Gasteiger partial charge in [-0.1, -0.05) is 0 Å². The molecular formula is C12H14N4. The van der Waals surface area contributed by atoms with Crippen molar-refractivity contribution in [1.82, 2.24) is 19.9 Å². The molecule has 4 heteroatoms. The second kappa shape index (κ2) is 4.77. The fourth-order valence-electron chi connectivity index (χ4n) is 1.80. The zero-order chi connectivity index (χ0) is 11.4. The van der Waals surface area contributed by atoms with Crippen molar-refractivity contribution in [3.8, 4) is 12.3 Å². The second-order valence-electron chi connectivity index (χ2n) is 3.59. The van der Waals surface area contributed by atoms with Crippen LogP contribution in [0.3, 0.4) is 0 Å². The Hall–Kier alpha value is -1.86. The zero-order valence-corrected chi connectivity index (χ0v) is 9.22. The van der Waals surface area contributed by atoms with Gasteiger partial charge in [0.1, 0.15) is 0 Å². The summed E-state index contributed by atoms with van der Waals surface area (Å²) < 4.78 is 1.82. The van der Waals surface area contributed by atoms with Gasteiger partial charge in [-0.3, -0.25) is 4.98 Å². The van der Waals surface area contributed by atoms with Crippen LogP contribution < -0.4 is 5.32 Å². The molecule has 0 aliphatic heterocycles. The van der Waals surface area contributed by atoms with Crippen molar-refractivity contribution in [2.24, 2.45) is 0 Å². The molecule has 0 amide bonds. The lowest BCUT2D eigenvalue weighted by atomic mass is 10.0. The third-order valence-electron chi connectivity index (χ3n) is 2.66. The van der Waals surface area contributed by atoms with E-state index < -0.39 is 0 Å². The van der Waals surface area contributed by atoms with Gasteiger partial charge in [0, 0.05) is 30.4 Å². The van der Waals surface area contributed by atoms with Crippen molar-refractivity contribution >= 4 is 5.52 Å². The minimum atomic E-state index is 0.234. The summed E-state index contributed by atoms with van der Waals surface area (Å²) >= 11 is 0. The van der Waals surface area contributed by atoms with Crippen LogP contribution in [0.4, 0.5) is 0 Å². The zero-order valence-electron chi connectivity index (χ0n) is 9.22. The molecular weight excluding hydrogens is 200 g/mol. The van der Waals surface area contributed by atoms with Crippen LogP contribution in [0.15, 0.2) is 24.8 Å². The Morgan fingerprint density at radius 3 is 3.19 bits per heavy atom. The van der Waals surface area contributed by atoms with Gasteiger partial charge in [-0.05, 0) is 13.5 Å². The maximum Gasteiger partial charge on any atom is 0.0892 e. The molecule has 2 aromatic rings. The number of hydrogen-bond acceptors (Lipinski definition) is 3. The molecule has 0 radical (unpaired) electrons. The normalized spacial score (nSPS) is 12.5. The van der Waals surface area contributed by atoms with E-state index in [1.54, 1.807) is 6.20 Å². The van der Waals surface area contributed by atoms with E-state index in [1.165, 1.54) is 0 Å². The molecule has 4 nitrogen and oxygen atoms in total. The van der Waals surface area contributed by atoms with Crippen LogP contribution >= 0.6 is 0 Å². The van der Waals surface area contributed by atoms with E-state index in [2.05, 4.69) is 21.3 Å². The molecule has 1 unspecified atom stereocenters. The van der Waals surface area contributed by atoms with Gasteiger partial charge < -0.3 is 5.32 Å². The van der Waals surface area contributed by atoms with Crippen molar-refractivity contribution in [3.63, 3.8) is 0 Å². The molecule has 82 valence electrons. The van der Waals surface area contributed by atoms with Crippen molar-refractivity contribution in [1.29, 1.82) is 0 Å². The van der Waals surface area contributed by atoms with E-state index in [0.717, 1.165) is 23.9 Å². The van der Waals surface area contributed by atoms with Gasteiger partial charge in [0.05, 0.1) is 17.9 Å². The average Bonchev–Trinajstić information content (AvgIpc) is 2.75. The predicted octanol–water partition coefficient (Wildman–Crippen LogP) is 1.40. The first-order valence-corrected chi connectivity index (χ1v) is 5.24. The van der Waals surface area contributed by atoms with Crippen LogP contribution in [0.25, 0.3) is 5.52 Å². The largest absolute Gasteiger partial charge is 0.313 e. The number of aromatic nitrogens is 3. The summed E-state index contributed by atoms with van der Waals surface area (Å²) in [5.74, 6) is 2.66. The smallest absolute Gasteiger partial charge is 0.0892 e. The second-order valence-corrected chi connectivity index (χ2v) is 3.59. The van der Waals surface area contributed by atoms with E-state index in [0.29, 0.717) is 0 Å². The summed E-state index contributed by atoms with van der Waals surface area (Å²) in [6.45, 7) is 0. The molecule has 0 aliphatic rings. The van der Waals surface area contributed by atoms with Crippen LogP contribution in [0.5, 0.6) is 0 Å². The Kier molecular flexibility index (Phi) is 3.18. The molecule has 1 N–H and O–H groups in total. The molecule has 0 fully saturated rings. The van der Waals surface area contributed by atoms with Crippen LogP contribution in [-0.4, -0.2) is 21.6 Å². The fourth-order valence-corrected chi connectivity index (χ4v) is 1.80. The van der Waals surface area contributed by atoms with Crippen LogP contribution in [0.2, 0.25) is 0 Å². The van der Waals surface area contributed by atoms with E-state index in [4.69, 9.17) is 6.42 Å². The lowest BCUT2D eigenvalue weighted by Crippen LogP contribution is -2.15. The van der Waals surface area contributed by atoms with Gasteiger partial charge in [-0.25, -0.2) is 4.52 Å². The lowest BCUT2D eigenvalue weighted by molar-refractivity contribution is 0.562. The summed E-state index contributed by atoms with van der Waals surface area (Å²) in [6.07, 6.45) is 14.2. The monoisotopic (exact) mass is 214 g/mol. The highest BCUT2D eigenvalue weighted by molar-refractivity contribution is 5.53. The molecule has 16 heavy (non-hydrogen) atoms. The van der Waals surface area contributed by atoms with Gasteiger partial charge in [0.15, 0.2) is 0 Å². The Balaban J connectivity index is 2.34. The van der Waals surface area contributed by atoms with Crippen molar-refractivity contribution in [2.75, 3.05) is 7.05 Å². The highest BCUT2D eigenvalue weighted by atomic mass is 15.2. The molecule has 0 bridgehead atoms. The maximum atomic E-state index is 5.29. The molecule has 0 spiro atoms. The number of rotatable bonds is 4. The highest BCUT2D eigenvalue weighted by Crippen LogP contribution is 2.21. The molecule has 0 aromatic carbocycles. The number of hydrogen-bond donors (Lipinski definition) is 1. The molecule has 0 saturated heterocycles. The number of nitrogens with one attached hydrogen (secondary N) is 1. The van der Waals surface area contributed by atoms with Crippen LogP contribution in [-0.2, 0) is 0 Å². The molecule has 1 atom stereocenters. The lowest BCUT2D eigenvalue weighted by Gasteiger charge is -2.13. The van der Waals surface area contributed by atoms with Gasteiger partial charge in [0.25, 0.3) is 0 Å². The van der Waals surface area contributed by atoms with Crippen molar-refractivity contribution in [3.05, 3.63) is 30.4 Å². The Morgan fingerprint density at radius 1 is 1.56 bits per heavy atom. The molecule has 0 aliphatic carbocycles. The first-order chi connectivity index (χ1) is 7.86. The third kappa shape index (κ3) is 1.90. The number of terminal acetylenes is 1. The fraction of sp³-hybridized carbons (Fsp3) is 0.333. The number of nitrogens with zero attached hydrogens (tertiary/aromatic N) is 3. The Morgan fingerprint density at radius 2 is 2.44 bits per heavy atom. The first kappa shape index (κ1) is 10.7. The van der Waals surface area contributed by atoms with Gasteiger partial charge in [-0.2, -0.15) is 5.10 Å². The highest BCUT2D eigenvalue weighted by Gasteiger charge is 2.13. The number of fused-ring (bicyclic) bond motifs is 1. The minimum absolute atomic E-state index is 0.234. The van der Waals surface area contributed by atoms with E-state index >= 15 is 0 Å². The van der Waals surface area contributed by atoms with Crippen LogP contribution in [0.1, 0.15) is 24.4 Å². The minimum Gasteiger partial charge on any atom is -0.313 e. The van der Waals surface area contributed by atoms with E-state index in [9.17, 15) is 0 Å². The first-order valence-electron chi connectivity index (χ1n) is 5.24. The summed E-state index contributed by atoms with van der Waals surface area (Å²) in [5.41, 5.74) is 2.17. The molecule has 2 heterocycles. The third-order valence-corrected chi connectivity index (χ3v) is 2.66. The maximum absolute atomic E-state index is 5.29.